The highest BCUT2D eigenvalue weighted by Crippen LogP contribution is 2.29. The van der Waals surface area contributed by atoms with Crippen molar-refractivity contribution in [3.05, 3.63) is 83.9 Å². The molecule has 5 nitrogen and oxygen atoms in total. The van der Waals surface area contributed by atoms with Gasteiger partial charge in [0.15, 0.2) is 11.5 Å². The predicted molar refractivity (Wildman–Crippen MR) is 107 cm³/mol. The molecule has 0 unspecified atom stereocenters. The fourth-order valence-corrected chi connectivity index (χ4v) is 2.59. The van der Waals surface area contributed by atoms with E-state index in [2.05, 4.69) is 10.9 Å². The third kappa shape index (κ3) is 5.39. The molecule has 0 aliphatic carbocycles. The minimum absolute atomic E-state index is 0.466. The lowest BCUT2D eigenvalue weighted by Gasteiger charge is -2.13. The first kappa shape index (κ1) is 18.6. The number of hydrogen-bond donors (Lipinski definition) is 2. The number of methoxy groups -OCH3 is 2. The Morgan fingerprint density at radius 1 is 0.741 bits per heavy atom. The zero-order valence-electron chi connectivity index (χ0n) is 15.6. The normalized spacial score (nSPS) is 10.3. The van der Waals surface area contributed by atoms with Crippen LogP contribution in [0, 0.1) is 0 Å². The van der Waals surface area contributed by atoms with Crippen molar-refractivity contribution in [3.63, 3.8) is 0 Å². The van der Waals surface area contributed by atoms with Crippen molar-refractivity contribution in [2.24, 2.45) is 0 Å². The third-order valence-electron chi connectivity index (χ3n) is 4.08. The van der Waals surface area contributed by atoms with Crippen LogP contribution >= 0.6 is 0 Å². The first-order valence-electron chi connectivity index (χ1n) is 8.75. The van der Waals surface area contributed by atoms with Crippen LogP contribution in [0.5, 0.6) is 17.2 Å². The predicted octanol–water partition coefficient (Wildman–Crippen LogP) is 4.40. The molecular weight excluding hydrogens is 340 g/mol. The monoisotopic (exact) mass is 364 g/mol. The van der Waals surface area contributed by atoms with Gasteiger partial charge < -0.3 is 19.6 Å². The van der Waals surface area contributed by atoms with Gasteiger partial charge in [-0.1, -0.05) is 36.4 Å². The fourth-order valence-electron chi connectivity index (χ4n) is 2.59. The zero-order valence-corrected chi connectivity index (χ0v) is 15.6. The smallest absolute Gasteiger partial charge is 0.161 e. The van der Waals surface area contributed by atoms with E-state index >= 15 is 0 Å². The Bertz CT molecular complexity index is 836. The summed E-state index contributed by atoms with van der Waals surface area (Å²) in [6, 6.07) is 23.7. The lowest BCUT2D eigenvalue weighted by Crippen LogP contribution is -2.20. The van der Waals surface area contributed by atoms with Crippen LogP contribution in [0.4, 0.5) is 5.69 Å². The second kappa shape index (κ2) is 9.50. The molecule has 0 radical (unpaired) electrons. The summed E-state index contributed by atoms with van der Waals surface area (Å²) < 4.78 is 16.6. The van der Waals surface area contributed by atoms with Gasteiger partial charge in [-0.25, -0.2) is 5.43 Å². The van der Waals surface area contributed by atoms with Crippen LogP contribution in [0.2, 0.25) is 0 Å². The molecule has 0 aliphatic heterocycles. The van der Waals surface area contributed by atoms with Crippen molar-refractivity contribution in [2.45, 2.75) is 13.2 Å². The minimum atomic E-state index is 0.466. The van der Waals surface area contributed by atoms with Gasteiger partial charge in [-0.05, 0) is 47.5 Å². The lowest BCUT2D eigenvalue weighted by molar-refractivity contribution is 0.284. The second-order valence-electron chi connectivity index (χ2n) is 5.97. The first-order chi connectivity index (χ1) is 13.3. The summed E-state index contributed by atoms with van der Waals surface area (Å²) in [4.78, 5) is 0. The summed E-state index contributed by atoms with van der Waals surface area (Å²) in [5.74, 6) is 2.26. The fraction of sp³-hybridized carbons (Fsp3) is 0.182. The number of hydrogen-bond acceptors (Lipinski definition) is 5. The van der Waals surface area contributed by atoms with Gasteiger partial charge in [0.1, 0.15) is 12.4 Å². The molecule has 2 N–H and O–H groups in total. The quantitative estimate of drug-likeness (QED) is 0.551. The Kier molecular flexibility index (Phi) is 6.55. The zero-order chi connectivity index (χ0) is 18.9. The Balaban J connectivity index is 1.56. The highest BCUT2D eigenvalue weighted by Gasteiger charge is 2.06. The summed E-state index contributed by atoms with van der Waals surface area (Å²) in [5, 5.41) is 0. The van der Waals surface area contributed by atoms with Crippen LogP contribution in [-0.2, 0) is 13.2 Å². The lowest BCUT2D eigenvalue weighted by atomic mass is 10.2. The van der Waals surface area contributed by atoms with E-state index < -0.39 is 0 Å². The molecule has 0 spiro atoms. The maximum absolute atomic E-state index is 5.91. The Morgan fingerprint density at radius 3 is 2.19 bits per heavy atom. The molecule has 0 aromatic heterocycles. The number of hydrazine groups is 1. The summed E-state index contributed by atoms with van der Waals surface area (Å²) >= 11 is 0. The average molecular weight is 364 g/mol. The molecule has 0 atom stereocenters. The molecule has 0 saturated carbocycles. The van der Waals surface area contributed by atoms with E-state index in [4.69, 9.17) is 14.2 Å². The van der Waals surface area contributed by atoms with E-state index in [1.54, 1.807) is 14.2 Å². The van der Waals surface area contributed by atoms with Crippen molar-refractivity contribution in [1.82, 2.24) is 5.43 Å². The van der Waals surface area contributed by atoms with E-state index in [-0.39, 0.29) is 0 Å². The second-order valence-corrected chi connectivity index (χ2v) is 5.97. The number of benzene rings is 3. The van der Waals surface area contributed by atoms with Crippen molar-refractivity contribution in [1.29, 1.82) is 0 Å². The molecular formula is C22H24N2O3. The molecule has 3 rings (SSSR count). The van der Waals surface area contributed by atoms with Gasteiger partial charge >= 0.3 is 0 Å². The van der Waals surface area contributed by atoms with E-state index in [0.717, 1.165) is 22.6 Å². The molecule has 3 aromatic carbocycles. The van der Waals surface area contributed by atoms with Crippen molar-refractivity contribution >= 4 is 5.69 Å². The van der Waals surface area contributed by atoms with Crippen LogP contribution in [0.1, 0.15) is 11.1 Å². The van der Waals surface area contributed by atoms with Gasteiger partial charge in [-0.15, -0.1) is 0 Å². The summed E-state index contributed by atoms with van der Waals surface area (Å²) in [6.07, 6.45) is 0. The average Bonchev–Trinajstić information content (AvgIpc) is 2.73. The van der Waals surface area contributed by atoms with E-state index in [9.17, 15) is 0 Å². The molecule has 0 heterocycles. The summed E-state index contributed by atoms with van der Waals surface area (Å²) in [7, 11) is 3.30. The molecule has 0 saturated heterocycles. The van der Waals surface area contributed by atoms with Gasteiger partial charge in [0.2, 0.25) is 0 Å². The van der Waals surface area contributed by atoms with Crippen LogP contribution in [0.15, 0.2) is 72.8 Å². The highest BCUT2D eigenvalue weighted by molar-refractivity contribution is 5.44. The summed E-state index contributed by atoms with van der Waals surface area (Å²) in [6.45, 7) is 1.12. The highest BCUT2D eigenvalue weighted by atomic mass is 16.5. The molecule has 0 amide bonds. The SMILES string of the molecule is COc1ccc(COc2ccc(CNNc3ccccc3)cc2OC)cc1. The molecule has 0 bridgehead atoms. The number of nitrogens with one attached hydrogen (secondary N) is 2. The van der Waals surface area contributed by atoms with Crippen LogP contribution in [0.3, 0.4) is 0 Å². The number of anilines is 1. The van der Waals surface area contributed by atoms with E-state index in [1.807, 2.05) is 72.8 Å². The summed E-state index contributed by atoms with van der Waals surface area (Å²) in [5.41, 5.74) is 9.54. The van der Waals surface area contributed by atoms with Crippen molar-refractivity contribution < 1.29 is 14.2 Å². The van der Waals surface area contributed by atoms with Crippen LogP contribution in [0.25, 0.3) is 0 Å². The maximum Gasteiger partial charge on any atom is 0.161 e. The Morgan fingerprint density at radius 2 is 1.48 bits per heavy atom. The van der Waals surface area contributed by atoms with Gasteiger partial charge in [0.25, 0.3) is 0 Å². The van der Waals surface area contributed by atoms with Gasteiger partial charge in [-0.3, -0.25) is 0 Å². The molecule has 5 heteroatoms. The first-order valence-corrected chi connectivity index (χ1v) is 8.75. The number of rotatable bonds is 9. The minimum Gasteiger partial charge on any atom is -0.497 e. The molecule has 0 aliphatic rings. The number of para-hydroxylation sites is 1. The van der Waals surface area contributed by atoms with Crippen LogP contribution < -0.4 is 25.1 Å². The van der Waals surface area contributed by atoms with Crippen molar-refractivity contribution in [3.8, 4) is 17.2 Å². The van der Waals surface area contributed by atoms with Crippen molar-refractivity contribution in [2.75, 3.05) is 19.6 Å². The maximum atomic E-state index is 5.91. The standard InChI is InChI=1S/C22H24N2O3/c1-25-20-11-8-17(9-12-20)16-27-21-13-10-18(14-22(21)26-2)15-23-24-19-6-4-3-5-7-19/h3-14,23-24H,15-16H2,1-2H3. The largest absolute Gasteiger partial charge is 0.497 e. The van der Waals surface area contributed by atoms with E-state index in [1.165, 1.54) is 0 Å². The molecule has 3 aromatic rings. The molecule has 0 fully saturated rings. The molecule has 27 heavy (non-hydrogen) atoms. The Labute approximate surface area is 159 Å². The van der Waals surface area contributed by atoms with Crippen LogP contribution in [-0.4, -0.2) is 14.2 Å². The van der Waals surface area contributed by atoms with Gasteiger partial charge in [0.05, 0.1) is 14.2 Å². The topological polar surface area (TPSA) is 51.8 Å². The Hall–Kier alpha value is -3.18. The third-order valence-corrected chi connectivity index (χ3v) is 4.08. The van der Waals surface area contributed by atoms with Gasteiger partial charge in [-0.2, -0.15) is 0 Å². The molecule has 140 valence electrons. The van der Waals surface area contributed by atoms with Gasteiger partial charge in [0, 0.05) is 12.2 Å². The number of ether oxygens (including phenoxy) is 3. The van der Waals surface area contributed by atoms with E-state index in [0.29, 0.717) is 24.7 Å².